The molecule has 2 amide bonds. The Bertz CT molecular complexity index is 960. The van der Waals surface area contributed by atoms with Crippen LogP contribution in [0.15, 0.2) is 46.9 Å². The van der Waals surface area contributed by atoms with E-state index in [-0.39, 0.29) is 17.5 Å². The summed E-state index contributed by atoms with van der Waals surface area (Å²) in [5.41, 5.74) is 6.55. The fourth-order valence-electron chi connectivity index (χ4n) is 4.02. The Kier molecular flexibility index (Phi) is 5.21. The molecule has 1 spiro atoms. The number of amides is 2. The van der Waals surface area contributed by atoms with Crippen molar-refractivity contribution in [3.8, 4) is 0 Å². The van der Waals surface area contributed by atoms with E-state index in [0.717, 1.165) is 4.47 Å². The number of nitrogen functional groups attached to an aromatic ring is 1. The molecular formula is C21H21BrFN3O3. The van der Waals surface area contributed by atoms with Crippen LogP contribution in [0.3, 0.4) is 0 Å². The second-order valence-corrected chi connectivity index (χ2v) is 8.50. The van der Waals surface area contributed by atoms with Crippen LogP contribution in [0.2, 0.25) is 0 Å². The molecule has 0 atom stereocenters. The summed E-state index contributed by atoms with van der Waals surface area (Å²) in [5, 5.41) is 2.89. The highest BCUT2D eigenvalue weighted by Gasteiger charge is 2.49. The minimum absolute atomic E-state index is 0.0973. The van der Waals surface area contributed by atoms with Crippen molar-refractivity contribution in [2.24, 2.45) is 5.92 Å². The molecule has 29 heavy (non-hydrogen) atoms. The van der Waals surface area contributed by atoms with Crippen molar-refractivity contribution in [2.75, 3.05) is 22.5 Å². The van der Waals surface area contributed by atoms with Crippen molar-refractivity contribution in [3.05, 3.63) is 52.8 Å². The van der Waals surface area contributed by atoms with E-state index < -0.39 is 17.5 Å². The lowest BCUT2D eigenvalue weighted by Crippen LogP contribution is -2.41. The minimum atomic E-state index is -0.676. The lowest BCUT2D eigenvalue weighted by atomic mass is 9.78. The Morgan fingerprint density at radius 3 is 2.69 bits per heavy atom. The monoisotopic (exact) mass is 461 g/mol. The molecule has 2 aromatic carbocycles. The van der Waals surface area contributed by atoms with Crippen LogP contribution in [0.25, 0.3) is 0 Å². The molecule has 4 rings (SSSR count). The summed E-state index contributed by atoms with van der Waals surface area (Å²) in [6.07, 6.45) is 1.72. The van der Waals surface area contributed by atoms with Crippen LogP contribution in [0.5, 0.6) is 0 Å². The number of nitrogens with one attached hydrogen (secondary N) is 1. The van der Waals surface area contributed by atoms with Gasteiger partial charge in [0, 0.05) is 10.4 Å². The maximum Gasteiger partial charge on any atom is 0.415 e. The molecule has 0 unspecified atom stereocenters. The van der Waals surface area contributed by atoms with Crippen LogP contribution in [-0.2, 0) is 9.53 Å². The van der Waals surface area contributed by atoms with Gasteiger partial charge in [-0.05, 0) is 56.0 Å². The normalized spacial score (nSPS) is 23.9. The molecule has 8 heteroatoms. The number of anilines is 3. The van der Waals surface area contributed by atoms with Crippen molar-refractivity contribution in [2.45, 2.75) is 31.3 Å². The Hall–Kier alpha value is -2.61. The smallest absolute Gasteiger partial charge is 0.415 e. The van der Waals surface area contributed by atoms with Crippen molar-refractivity contribution >= 4 is 45.0 Å². The topological polar surface area (TPSA) is 84.7 Å². The molecule has 152 valence electrons. The molecule has 2 aliphatic rings. The second-order valence-electron chi connectivity index (χ2n) is 7.58. The summed E-state index contributed by atoms with van der Waals surface area (Å²) >= 11 is 3.37. The highest BCUT2D eigenvalue weighted by Crippen LogP contribution is 2.41. The highest BCUT2D eigenvalue weighted by atomic mass is 79.9. The Balaban J connectivity index is 1.40. The number of halogens is 2. The summed E-state index contributed by atoms with van der Waals surface area (Å²) in [6, 6.07) is 11.5. The molecule has 0 aromatic heterocycles. The third-order valence-corrected chi connectivity index (χ3v) is 6.15. The summed E-state index contributed by atoms with van der Waals surface area (Å²) in [5.74, 6) is -0.749. The van der Waals surface area contributed by atoms with Crippen molar-refractivity contribution in [1.29, 1.82) is 0 Å². The SMILES string of the molecule is Nc1ccc(Br)cc1NC(=O)C1CCC2(CC1)CN(c1ccccc1F)C(=O)O2. The van der Waals surface area contributed by atoms with E-state index in [1.807, 2.05) is 6.07 Å². The van der Waals surface area contributed by atoms with Gasteiger partial charge in [0.25, 0.3) is 0 Å². The van der Waals surface area contributed by atoms with Gasteiger partial charge in [-0.2, -0.15) is 0 Å². The summed E-state index contributed by atoms with van der Waals surface area (Å²) in [6.45, 7) is 0.291. The number of carbonyl (C=O) groups excluding carboxylic acids is 2. The number of hydrogen-bond acceptors (Lipinski definition) is 4. The van der Waals surface area contributed by atoms with E-state index in [1.165, 1.54) is 11.0 Å². The molecule has 1 aliphatic carbocycles. The van der Waals surface area contributed by atoms with E-state index in [0.29, 0.717) is 43.6 Å². The van der Waals surface area contributed by atoms with Gasteiger partial charge >= 0.3 is 6.09 Å². The van der Waals surface area contributed by atoms with Gasteiger partial charge in [-0.3, -0.25) is 9.69 Å². The molecule has 6 nitrogen and oxygen atoms in total. The molecule has 3 N–H and O–H groups in total. The van der Waals surface area contributed by atoms with Crippen molar-refractivity contribution in [3.63, 3.8) is 0 Å². The molecule has 2 aromatic rings. The molecular weight excluding hydrogens is 441 g/mol. The van der Waals surface area contributed by atoms with Crippen molar-refractivity contribution in [1.82, 2.24) is 0 Å². The lowest BCUT2D eigenvalue weighted by Gasteiger charge is -2.34. The van der Waals surface area contributed by atoms with Gasteiger partial charge in [0.05, 0.1) is 23.6 Å². The first kappa shape index (κ1) is 19.7. The Labute approximate surface area is 176 Å². The predicted octanol–water partition coefficient (Wildman–Crippen LogP) is 4.69. The fraction of sp³-hybridized carbons (Fsp3) is 0.333. The van der Waals surface area contributed by atoms with Gasteiger partial charge in [-0.15, -0.1) is 0 Å². The Morgan fingerprint density at radius 1 is 1.24 bits per heavy atom. The predicted molar refractivity (Wildman–Crippen MR) is 112 cm³/mol. The molecule has 1 saturated carbocycles. The van der Waals surface area contributed by atoms with Gasteiger partial charge in [-0.1, -0.05) is 28.1 Å². The fourth-order valence-corrected chi connectivity index (χ4v) is 4.38. The number of rotatable bonds is 3. The lowest BCUT2D eigenvalue weighted by molar-refractivity contribution is -0.122. The van der Waals surface area contributed by atoms with Gasteiger partial charge in [-0.25, -0.2) is 9.18 Å². The van der Waals surface area contributed by atoms with E-state index in [1.54, 1.807) is 30.3 Å². The number of nitrogens with zero attached hydrogens (tertiary/aromatic N) is 1. The first-order valence-electron chi connectivity index (χ1n) is 9.48. The average molecular weight is 462 g/mol. The molecule has 2 fully saturated rings. The van der Waals surface area contributed by atoms with Crippen LogP contribution < -0.4 is 16.0 Å². The molecule has 1 saturated heterocycles. The number of ether oxygens (including phenoxy) is 1. The van der Waals surface area contributed by atoms with Crippen LogP contribution in [0, 0.1) is 11.7 Å². The van der Waals surface area contributed by atoms with Crippen LogP contribution in [-0.4, -0.2) is 24.1 Å². The minimum Gasteiger partial charge on any atom is -0.441 e. The third-order valence-electron chi connectivity index (χ3n) is 5.65. The summed E-state index contributed by atoms with van der Waals surface area (Å²) < 4.78 is 20.6. The van der Waals surface area contributed by atoms with Crippen LogP contribution in [0.1, 0.15) is 25.7 Å². The largest absolute Gasteiger partial charge is 0.441 e. The number of hydrogen-bond donors (Lipinski definition) is 2. The quantitative estimate of drug-likeness (QED) is 0.648. The number of nitrogens with two attached hydrogens (primary N) is 1. The summed E-state index contributed by atoms with van der Waals surface area (Å²) in [4.78, 5) is 26.4. The number of benzene rings is 2. The van der Waals surface area contributed by atoms with E-state index in [2.05, 4.69) is 21.2 Å². The van der Waals surface area contributed by atoms with Crippen LogP contribution in [0.4, 0.5) is 26.2 Å². The molecule has 0 radical (unpaired) electrons. The van der Waals surface area contributed by atoms with E-state index >= 15 is 0 Å². The highest BCUT2D eigenvalue weighted by molar-refractivity contribution is 9.10. The maximum atomic E-state index is 14.1. The number of carbonyl (C=O) groups is 2. The first-order valence-corrected chi connectivity index (χ1v) is 10.3. The zero-order valence-corrected chi connectivity index (χ0v) is 17.2. The summed E-state index contributed by atoms with van der Waals surface area (Å²) in [7, 11) is 0. The zero-order valence-electron chi connectivity index (χ0n) is 15.7. The van der Waals surface area contributed by atoms with Crippen molar-refractivity contribution < 1.29 is 18.7 Å². The van der Waals surface area contributed by atoms with Crippen LogP contribution >= 0.6 is 15.9 Å². The molecule has 1 aliphatic heterocycles. The molecule has 0 bridgehead atoms. The average Bonchev–Trinajstić information content (AvgIpc) is 3.01. The standard InChI is InChI=1S/C21H21BrFN3O3/c22-14-5-6-16(24)17(11-14)25-19(27)13-7-9-21(10-8-13)12-26(20(28)29-21)18-4-2-1-3-15(18)23/h1-6,11,13H,7-10,12,24H2,(H,25,27). The maximum absolute atomic E-state index is 14.1. The number of para-hydroxylation sites is 1. The second kappa shape index (κ2) is 7.67. The first-order chi connectivity index (χ1) is 13.9. The Morgan fingerprint density at radius 2 is 1.97 bits per heavy atom. The van der Waals surface area contributed by atoms with Gasteiger partial charge in [0.1, 0.15) is 11.4 Å². The molecule has 1 heterocycles. The zero-order chi connectivity index (χ0) is 20.6. The van der Waals surface area contributed by atoms with Gasteiger partial charge in [0.2, 0.25) is 5.91 Å². The van der Waals surface area contributed by atoms with Gasteiger partial charge < -0.3 is 15.8 Å². The van der Waals surface area contributed by atoms with Gasteiger partial charge in [0.15, 0.2) is 0 Å². The van der Waals surface area contributed by atoms with E-state index in [9.17, 15) is 14.0 Å². The third kappa shape index (κ3) is 3.94. The van der Waals surface area contributed by atoms with E-state index in [4.69, 9.17) is 10.5 Å².